The summed E-state index contributed by atoms with van der Waals surface area (Å²) < 4.78 is 39.1. The number of halogens is 3. The van der Waals surface area contributed by atoms with Crippen molar-refractivity contribution in [1.82, 2.24) is 0 Å². The SMILES string of the molecule is O=[N+]([O-])c1ccc(N/N=C/C2CC3CC2C(C(F)(F)F)C3)c([N+](=O)[O-])c1. The third-order valence-electron chi connectivity index (χ3n) is 5.13. The minimum atomic E-state index is -4.23. The van der Waals surface area contributed by atoms with Gasteiger partial charge in [0, 0.05) is 12.3 Å². The standard InChI is InChI=1S/C15H15F3N4O4/c16-15(17,18)12-5-8-3-9(11(12)4-8)7-19-20-13-2-1-10(21(23)24)6-14(13)22(25)26/h1-2,6-9,11-12,20H,3-5H2/b19-7+. The molecule has 2 aliphatic rings. The normalized spacial score (nSPS) is 27.8. The Kier molecular flexibility index (Phi) is 4.55. The molecule has 1 aromatic rings. The van der Waals surface area contributed by atoms with Gasteiger partial charge in [0.1, 0.15) is 5.69 Å². The zero-order valence-electron chi connectivity index (χ0n) is 13.3. The molecular weight excluding hydrogens is 357 g/mol. The van der Waals surface area contributed by atoms with Gasteiger partial charge >= 0.3 is 11.9 Å². The van der Waals surface area contributed by atoms with Crippen LogP contribution < -0.4 is 5.43 Å². The molecule has 2 fully saturated rings. The van der Waals surface area contributed by atoms with Crippen molar-refractivity contribution >= 4 is 23.3 Å². The maximum atomic E-state index is 13.0. The Morgan fingerprint density at radius 1 is 1.15 bits per heavy atom. The summed E-state index contributed by atoms with van der Waals surface area (Å²) in [5, 5.41) is 25.6. The van der Waals surface area contributed by atoms with Gasteiger partial charge in [-0.15, -0.1) is 0 Å². The summed E-state index contributed by atoms with van der Waals surface area (Å²) in [6.45, 7) is 0. The number of anilines is 1. The molecule has 26 heavy (non-hydrogen) atoms. The Labute approximate surface area is 145 Å². The first-order chi connectivity index (χ1) is 12.2. The van der Waals surface area contributed by atoms with E-state index in [9.17, 15) is 33.4 Å². The summed E-state index contributed by atoms with van der Waals surface area (Å²) >= 11 is 0. The van der Waals surface area contributed by atoms with Crippen LogP contribution in [0.25, 0.3) is 0 Å². The van der Waals surface area contributed by atoms with Crippen LogP contribution in [-0.4, -0.2) is 22.2 Å². The quantitative estimate of drug-likeness (QED) is 0.475. The van der Waals surface area contributed by atoms with Crippen molar-refractivity contribution < 1.29 is 23.0 Å². The van der Waals surface area contributed by atoms with Crippen LogP contribution in [0.5, 0.6) is 0 Å². The number of nitrogens with one attached hydrogen (secondary N) is 1. The Hall–Kier alpha value is -2.72. The van der Waals surface area contributed by atoms with Crippen molar-refractivity contribution in [2.45, 2.75) is 25.4 Å². The fraction of sp³-hybridized carbons (Fsp3) is 0.533. The van der Waals surface area contributed by atoms with E-state index in [-0.39, 0.29) is 23.9 Å². The van der Waals surface area contributed by atoms with Crippen LogP contribution in [0.2, 0.25) is 0 Å². The molecule has 3 rings (SSSR count). The van der Waals surface area contributed by atoms with E-state index in [1.165, 1.54) is 6.21 Å². The van der Waals surface area contributed by atoms with E-state index in [4.69, 9.17) is 0 Å². The van der Waals surface area contributed by atoms with Gasteiger partial charge in [-0.2, -0.15) is 18.3 Å². The Morgan fingerprint density at radius 3 is 2.46 bits per heavy atom. The molecule has 1 N–H and O–H groups in total. The fourth-order valence-corrected chi connectivity index (χ4v) is 4.03. The number of rotatable bonds is 5. The smallest absolute Gasteiger partial charge is 0.272 e. The molecule has 2 bridgehead atoms. The predicted octanol–water partition coefficient (Wildman–Crippen LogP) is 4.13. The molecule has 0 saturated heterocycles. The van der Waals surface area contributed by atoms with Gasteiger partial charge in [0.25, 0.3) is 5.69 Å². The van der Waals surface area contributed by atoms with Crippen LogP contribution in [0, 0.1) is 43.9 Å². The van der Waals surface area contributed by atoms with E-state index < -0.39 is 39.2 Å². The number of fused-ring (bicyclic) bond motifs is 2. The van der Waals surface area contributed by atoms with Crippen LogP contribution in [0.1, 0.15) is 19.3 Å². The average molecular weight is 372 g/mol. The number of nitrogens with zero attached hydrogens (tertiary/aromatic N) is 3. The molecule has 0 amide bonds. The minimum Gasteiger partial charge on any atom is -0.272 e. The second kappa shape index (κ2) is 6.54. The Morgan fingerprint density at radius 2 is 1.88 bits per heavy atom. The number of hydrazone groups is 1. The lowest BCUT2D eigenvalue weighted by Crippen LogP contribution is -2.32. The largest absolute Gasteiger partial charge is 0.392 e. The van der Waals surface area contributed by atoms with Gasteiger partial charge in [0.2, 0.25) is 0 Å². The highest BCUT2D eigenvalue weighted by molar-refractivity contribution is 5.68. The summed E-state index contributed by atoms with van der Waals surface area (Å²) in [6, 6.07) is 3.03. The lowest BCUT2D eigenvalue weighted by molar-refractivity contribution is -0.393. The van der Waals surface area contributed by atoms with Crippen LogP contribution in [0.3, 0.4) is 0 Å². The monoisotopic (exact) mass is 372 g/mol. The van der Waals surface area contributed by atoms with Crippen molar-refractivity contribution in [2.75, 3.05) is 5.43 Å². The highest BCUT2D eigenvalue weighted by Gasteiger charge is 2.56. The first-order valence-corrected chi connectivity index (χ1v) is 7.95. The molecule has 0 radical (unpaired) electrons. The summed E-state index contributed by atoms with van der Waals surface area (Å²) in [5.41, 5.74) is 1.39. The van der Waals surface area contributed by atoms with E-state index in [1.807, 2.05) is 0 Å². The molecule has 11 heteroatoms. The van der Waals surface area contributed by atoms with Crippen molar-refractivity contribution in [3.8, 4) is 0 Å². The molecule has 0 aliphatic heterocycles. The van der Waals surface area contributed by atoms with E-state index >= 15 is 0 Å². The Bertz CT molecular complexity index is 768. The van der Waals surface area contributed by atoms with Gasteiger partial charge in [0.15, 0.2) is 0 Å². The van der Waals surface area contributed by atoms with Crippen molar-refractivity contribution in [3.63, 3.8) is 0 Å². The zero-order valence-corrected chi connectivity index (χ0v) is 13.3. The minimum absolute atomic E-state index is 0.0248. The molecule has 2 aliphatic carbocycles. The van der Waals surface area contributed by atoms with Gasteiger partial charge in [-0.25, -0.2) is 0 Å². The van der Waals surface area contributed by atoms with Gasteiger partial charge in [-0.05, 0) is 43.1 Å². The Balaban J connectivity index is 1.71. The topological polar surface area (TPSA) is 111 Å². The van der Waals surface area contributed by atoms with E-state index in [1.54, 1.807) is 0 Å². The van der Waals surface area contributed by atoms with E-state index in [0.29, 0.717) is 12.8 Å². The van der Waals surface area contributed by atoms with Crippen LogP contribution >= 0.6 is 0 Å². The second-order valence-corrected chi connectivity index (χ2v) is 6.65. The first kappa shape index (κ1) is 18.1. The molecule has 0 aromatic heterocycles. The molecule has 8 nitrogen and oxygen atoms in total. The van der Waals surface area contributed by atoms with Crippen LogP contribution in [-0.2, 0) is 0 Å². The highest BCUT2D eigenvalue weighted by Crippen LogP contribution is 2.56. The van der Waals surface area contributed by atoms with Crippen LogP contribution in [0.15, 0.2) is 23.3 Å². The van der Waals surface area contributed by atoms with Crippen LogP contribution in [0.4, 0.5) is 30.2 Å². The number of non-ortho nitro benzene ring substituents is 1. The van der Waals surface area contributed by atoms with E-state index in [0.717, 1.165) is 18.2 Å². The third kappa shape index (κ3) is 3.46. The zero-order chi connectivity index (χ0) is 19.1. The van der Waals surface area contributed by atoms with Gasteiger partial charge in [0.05, 0.1) is 21.8 Å². The molecule has 1 aromatic carbocycles. The number of benzene rings is 1. The third-order valence-corrected chi connectivity index (χ3v) is 5.13. The lowest BCUT2D eigenvalue weighted by atomic mass is 9.81. The average Bonchev–Trinajstić information content (AvgIpc) is 3.14. The molecular formula is C15H15F3N4O4. The summed E-state index contributed by atoms with van der Waals surface area (Å²) in [6.07, 6.45) is -1.58. The number of alkyl halides is 3. The lowest BCUT2D eigenvalue weighted by Gasteiger charge is -2.28. The van der Waals surface area contributed by atoms with Crippen molar-refractivity contribution in [2.24, 2.45) is 28.8 Å². The molecule has 140 valence electrons. The number of nitro groups is 2. The summed E-state index contributed by atoms with van der Waals surface area (Å²) in [7, 11) is 0. The summed E-state index contributed by atoms with van der Waals surface area (Å²) in [4.78, 5) is 20.2. The maximum absolute atomic E-state index is 13.0. The summed E-state index contributed by atoms with van der Waals surface area (Å²) in [5.74, 6) is -2.16. The maximum Gasteiger partial charge on any atom is 0.392 e. The highest BCUT2D eigenvalue weighted by atomic mass is 19.4. The molecule has 4 unspecified atom stereocenters. The van der Waals surface area contributed by atoms with Crippen molar-refractivity contribution in [3.05, 3.63) is 38.4 Å². The number of nitro benzene ring substituents is 2. The number of hydrogen-bond donors (Lipinski definition) is 1. The van der Waals surface area contributed by atoms with Gasteiger partial charge < -0.3 is 0 Å². The second-order valence-electron chi connectivity index (χ2n) is 6.65. The molecule has 2 saturated carbocycles. The number of hydrogen-bond acceptors (Lipinski definition) is 6. The van der Waals surface area contributed by atoms with Crippen molar-refractivity contribution in [1.29, 1.82) is 0 Å². The predicted molar refractivity (Wildman–Crippen MR) is 85.7 cm³/mol. The molecule has 4 atom stereocenters. The molecule has 0 spiro atoms. The van der Waals surface area contributed by atoms with Gasteiger partial charge in [-0.3, -0.25) is 25.7 Å². The van der Waals surface area contributed by atoms with Gasteiger partial charge in [-0.1, -0.05) is 0 Å². The molecule has 0 heterocycles. The first-order valence-electron chi connectivity index (χ1n) is 7.95. The van der Waals surface area contributed by atoms with E-state index in [2.05, 4.69) is 10.5 Å². The fourth-order valence-electron chi connectivity index (χ4n) is 4.03.